The fourth-order valence-electron chi connectivity index (χ4n) is 2.80. The Kier molecular flexibility index (Phi) is 3.52. The van der Waals surface area contributed by atoms with Crippen molar-refractivity contribution in [2.45, 2.75) is 19.4 Å². The van der Waals surface area contributed by atoms with E-state index in [-0.39, 0.29) is 5.54 Å². The Bertz CT molecular complexity index is 678. The zero-order valence-corrected chi connectivity index (χ0v) is 12.6. The molecule has 2 heterocycles. The lowest BCUT2D eigenvalue weighted by molar-refractivity contribution is 0.158. The Balaban J connectivity index is 1.75. The topological polar surface area (TPSA) is 43.2 Å². The smallest absolute Gasteiger partial charge is 0.129 e. The third-order valence-corrected chi connectivity index (χ3v) is 4.25. The van der Waals surface area contributed by atoms with E-state index in [1.165, 1.54) is 5.39 Å². The van der Waals surface area contributed by atoms with Crippen LogP contribution in [0.2, 0.25) is 0 Å². The number of hydrogen-bond acceptors (Lipinski definition) is 4. The van der Waals surface area contributed by atoms with Crippen molar-refractivity contribution in [3.8, 4) is 6.07 Å². The molecule has 1 fully saturated rings. The molecule has 108 valence electrons. The lowest BCUT2D eigenvalue weighted by atomic mass is 10.0. The van der Waals surface area contributed by atoms with Crippen LogP contribution in [0.1, 0.15) is 13.8 Å². The minimum atomic E-state index is -0.386. The number of aromatic nitrogens is 1. The van der Waals surface area contributed by atoms with E-state index >= 15 is 0 Å². The molecule has 3 rings (SSSR count). The maximum Gasteiger partial charge on any atom is 0.129 e. The summed E-state index contributed by atoms with van der Waals surface area (Å²) in [6, 6.07) is 14.8. The number of para-hydroxylation sites is 1. The van der Waals surface area contributed by atoms with Gasteiger partial charge in [-0.25, -0.2) is 4.98 Å². The van der Waals surface area contributed by atoms with Crippen LogP contribution in [0.3, 0.4) is 0 Å². The van der Waals surface area contributed by atoms with Crippen LogP contribution in [0.15, 0.2) is 36.4 Å². The second-order valence-electron chi connectivity index (χ2n) is 6.01. The van der Waals surface area contributed by atoms with Gasteiger partial charge in [0.15, 0.2) is 0 Å². The molecule has 0 aliphatic carbocycles. The van der Waals surface area contributed by atoms with Crippen LogP contribution < -0.4 is 4.90 Å². The van der Waals surface area contributed by atoms with Gasteiger partial charge in [0.25, 0.3) is 0 Å². The quantitative estimate of drug-likeness (QED) is 0.848. The minimum Gasteiger partial charge on any atom is -0.354 e. The first-order valence-electron chi connectivity index (χ1n) is 7.37. The molecule has 0 bridgehead atoms. The van der Waals surface area contributed by atoms with Crippen molar-refractivity contribution in [1.82, 2.24) is 9.88 Å². The minimum absolute atomic E-state index is 0.386. The van der Waals surface area contributed by atoms with E-state index in [0.29, 0.717) is 0 Å². The van der Waals surface area contributed by atoms with Crippen LogP contribution >= 0.6 is 0 Å². The molecule has 4 nitrogen and oxygen atoms in total. The van der Waals surface area contributed by atoms with Crippen LogP contribution in [0, 0.1) is 11.3 Å². The Morgan fingerprint density at radius 1 is 1.05 bits per heavy atom. The second-order valence-corrected chi connectivity index (χ2v) is 6.01. The fraction of sp³-hybridized carbons (Fsp3) is 0.412. The maximum atomic E-state index is 9.23. The van der Waals surface area contributed by atoms with Crippen LogP contribution in [-0.4, -0.2) is 41.6 Å². The van der Waals surface area contributed by atoms with Gasteiger partial charge < -0.3 is 4.90 Å². The normalized spacial score (nSPS) is 16.9. The van der Waals surface area contributed by atoms with Gasteiger partial charge in [0, 0.05) is 31.6 Å². The molecular weight excluding hydrogens is 260 g/mol. The van der Waals surface area contributed by atoms with Crippen molar-refractivity contribution in [2.75, 3.05) is 31.1 Å². The molecule has 0 spiro atoms. The van der Waals surface area contributed by atoms with E-state index in [1.807, 2.05) is 32.0 Å². The summed E-state index contributed by atoms with van der Waals surface area (Å²) in [5, 5.41) is 10.4. The standard InChI is InChI=1S/C17H20N4/c1-17(2,13-18)21-11-9-20(10-12-21)16-8-7-14-5-3-4-6-15(14)19-16/h3-8H,9-12H2,1-2H3. The molecule has 1 aliphatic rings. The largest absolute Gasteiger partial charge is 0.354 e. The van der Waals surface area contributed by atoms with Crippen molar-refractivity contribution in [3.63, 3.8) is 0 Å². The number of anilines is 1. The number of piperazine rings is 1. The number of nitrogens with zero attached hydrogens (tertiary/aromatic N) is 4. The lowest BCUT2D eigenvalue weighted by Gasteiger charge is -2.40. The molecule has 0 amide bonds. The summed E-state index contributed by atoms with van der Waals surface area (Å²) in [7, 11) is 0. The summed E-state index contributed by atoms with van der Waals surface area (Å²) < 4.78 is 0. The maximum absolute atomic E-state index is 9.23. The zero-order chi connectivity index (χ0) is 14.9. The molecule has 1 aromatic carbocycles. The summed E-state index contributed by atoms with van der Waals surface area (Å²) >= 11 is 0. The van der Waals surface area contributed by atoms with E-state index in [1.54, 1.807) is 0 Å². The molecule has 0 atom stereocenters. The molecule has 4 heteroatoms. The molecule has 0 N–H and O–H groups in total. The molecule has 0 unspecified atom stereocenters. The molecule has 0 radical (unpaired) electrons. The van der Waals surface area contributed by atoms with Gasteiger partial charge in [-0.1, -0.05) is 18.2 Å². The van der Waals surface area contributed by atoms with Crippen molar-refractivity contribution in [1.29, 1.82) is 5.26 Å². The van der Waals surface area contributed by atoms with Gasteiger partial charge in [0.05, 0.1) is 11.6 Å². The summed E-state index contributed by atoms with van der Waals surface area (Å²) in [6.45, 7) is 7.59. The first-order valence-corrected chi connectivity index (χ1v) is 7.37. The van der Waals surface area contributed by atoms with E-state index in [0.717, 1.165) is 37.5 Å². The molecular formula is C17H20N4. The summed E-state index contributed by atoms with van der Waals surface area (Å²) in [6.07, 6.45) is 0. The van der Waals surface area contributed by atoms with Crippen LogP contribution in [0.4, 0.5) is 5.82 Å². The number of benzene rings is 1. The zero-order valence-electron chi connectivity index (χ0n) is 12.6. The van der Waals surface area contributed by atoms with Crippen LogP contribution in [0.5, 0.6) is 0 Å². The lowest BCUT2D eigenvalue weighted by Crippen LogP contribution is -2.54. The highest BCUT2D eigenvalue weighted by atomic mass is 15.3. The summed E-state index contributed by atoms with van der Waals surface area (Å²) in [5.74, 6) is 1.03. The van der Waals surface area contributed by atoms with Gasteiger partial charge in [-0.2, -0.15) is 5.26 Å². The predicted molar refractivity (Wildman–Crippen MR) is 85.2 cm³/mol. The number of rotatable bonds is 2. The number of pyridine rings is 1. The molecule has 1 aromatic heterocycles. The Hall–Kier alpha value is -2.12. The average Bonchev–Trinajstić information content (AvgIpc) is 2.54. The number of fused-ring (bicyclic) bond motifs is 1. The molecule has 21 heavy (non-hydrogen) atoms. The van der Waals surface area contributed by atoms with E-state index < -0.39 is 0 Å². The van der Waals surface area contributed by atoms with Gasteiger partial charge >= 0.3 is 0 Å². The predicted octanol–water partition coefficient (Wildman–Crippen LogP) is 2.66. The Morgan fingerprint density at radius 3 is 2.48 bits per heavy atom. The summed E-state index contributed by atoms with van der Waals surface area (Å²) in [4.78, 5) is 9.29. The fourth-order valence-corrected chi connectivity index (χ4v) is 2.80. The van der Waals surface area contributed by atoms with Gasteiger partial charge in [-0.05, 0) is 32.0 Å². The molecule has 2 aromatic rings. The third-order valence-electron chi connectivity index (χ3n) is 4.25. The highest BCUT2D eigenvalue weighted by molar-refractivity contribution is 5.80. The van der Waals surface area contributed by atoms with Crippen molar-refractivity contribution >= 4 is 16.7 Å². The molecule has 0 saturated carbocycles. The second kappa shape index (κ2) is 5.34. The first-order chi connectivity index (χ1) is 10.1. The molecule has 1 aliphatic heterocycles. The van der Waals surface area contributed by atoms with Crippen LogP contribution in [0.25, 0.3) is 10.9 Å². The van der Waals surface area contributed by atoms with E-state index in [2.05, 4.69) is 34.1 Å². The highest BCUT2D eigenvalue weighted by Gasteiger charge is 2.29. The van der Waals surface area contributed by atoms with E-state index in [4.69, 9.17) is 4.98 Å². The van der Waals surface area contributed by atoms with Crippen LogP contribution in [-0.2, 0) is 0 Å². The number of nitriles is 1. The number of hydrogen-bond donors (Lipinski definition) is 0. The first kappa shape index (κ1) is 13.8. The van der Waals surface area contributed by atoms with Gasteiger partial charge in [0.2, 0.25) is 0 Å². The monoisotopic (exact) mass is 280 g/mol. The highest BCUT2D eigenvalue weighted by Crippen LogP contribution is 2.21. The van der Waals surface area contributed by atoms with Crippen molar-refractivity contribution in [3.05, 3.63) is 36.4 Å². The van der Waals surface area contributed by atoms with Gasteiger partial charge in [-0.3, -0.25) is 4.90 Å². The average molecular weight is 280 g/mol. The summed E-state index contributed by atoms with van der Waals surface area (Å²) in [5.41, 5.74) is 0.651. The third kappa shape index (κ3) is 2.70. The SMILES string of the molecule is CC(C)(C#N)N1CCN(c2ccc3ccccc3n2)CC1. The van der Waals surface area contributed by atoms with Crippen molar-refractivity contribution in [2.24, 2.45) is 0 Å². The van der Waals surface area contributed by atoms with Gasteiger partial charge in [-0.15, -0.1) is 0 Å². The molecule has 1 saturated heterocycles. The van der Waals surface area contributed by atoms with Crippen molar-refractivity contribution < 1.29 is 0 Å². The Labute approximate surface area is 125 Å². The van der Waals surface area contributed by atoms with Gasteiger partial charge in [0.1, 0.15) is 11.4 Å². The Morgan fingerprint density at radius 2 is 1.76 bits per heavy atom. The van der Waals surface area contributed by atoms with E-state index in [9.17, 15) is 5.26 Å².